The molecular weight excluding hydrogens is 316 g/mol. The first-order chi connectivity index (χ1) is 11.4. The molecule has 0 spiro atoms. The Morgan fingerprint density at radius 1 is 0.583 bits per heavy atom. The van der Waals surface area contributed by atoms with Gasteiger partial charge in [0.15, 0.2) is 11.6 Å². The summed E-state index contributed by atoms with van der Waals surface area (Å²) >= 11 is 0. The second-order valence-corrected chi connectivity index (χ2v) is 5.74. The minimum atomic E-state index is -1.16. The highest BCUT2D eigenvalue weighted by molar-refractivity contribution is 5.72. The van der Waals surface area contributed by atoms with Gasteiger partial charge in [-0.25, -0.2) is 17.6 Å². The van der Waals surface area contributed by atoms with E-state index in [4.69, 9.17) is 0 Å². The third kappa shape index (κ3) is 2.80. The molecular formula is C20H14F4. The van der Waals surface area contributed by atoms with Gasteiger partial charge in [0.1, 0.15) is 11.6 Å². The molecule has 0 radical (unpaired) electrons. The van der Waals surface area contributed by atoms with Crippen molar-refractivity contribution < 1.29 is 17.6 Å². The molecule has 0 N–H and O–H groups in total. The zero-order chi connectivity index (χ0) is 17.4. The minimum Gasteiger partial charge on any atom is -0.207 e. The van der Waals surface area contributed by atoms with Crippen LogP contribution in [0.4, 0.5) is 17.6 Å². The zero-order valence-electron chi connectivity index (χ0n) is 13.1. The highest BCUT2D eigenvalue weighted by atomic mass is 19.2. The molecule has 0 saturated carbocycles. The number of benzene rings is 3. The van der Waals surface area contributed by atoms with E-state index in [1.165, 1.54) is 36.4 Å². The SMILES string of the molecule is Cc1ccc(-c2ccc(-c3ccc(C)c(F)c3)c(F)c2F)c(F)c1. The summed E-state index contributed by atoms with van der Waals surface area (Å²) in [6.45, 7) is 3.29. The Hall–Kier alpha value is -2.62. The van der Waals surface area contributed by atoms with Crippen LogP contribution < -0.4 is 0 Å². The van der Waals surface area contributed by atoms with E-state index in [9.17, 15) is 17.6 Å². The van der Waals surface area contributed by atoms with Crippen LogP contribution in [0.2, 0.25) is 0 Å². The molecule has 0 heterocycles. The average molecular weight is 330 g/mol. The number of hydrogen-bond donors (Lipinski definition) is 0. The topological polar surface area (TPSA) is 0 Å². The first kappa shape index (κ1) is 16.2. The van der Waals surface area contributed by atoms with Crippen LogP contribution in [0.5, 0.6) is 0 Å². The number of aryl methyl sites for hydroxylation is 2. The van der Waals surface area contributed by atoms with Crippen molar-refractivity contribution in [3.8, 4) is 22.3 Å². The van der Waals surface area contributed by atoms with E-state index in [2.05, 4.69) is 0 Å². The molecule has 0 aromatic heterocycles. The minimum absolute atomic E-state index is 0.0152. The molecule has 24 heavy (non-hydrogen) atoms. The quantitative estimate of drug-likeness (QED) is 0.491. The van der Waals surface area contributed by atoms with Crippen LogP contribution in [0.15, 0.2) is 48.5 Å². The molecule has 0 bridgehead atoms. The molecule has 3 aromatic carbocycles. The van der Waals surface area contributed by atoms with E-state index in [0.717, 1.165) is 6.07 Å². The predicted octanol–water partition coefficient (Wildman–Crippen LogP) is 6.19. The van der Waals surface area contributed by atoms with Gasteiger partial charge in [-0.3, -0.25) is 0 Å². The summed E-state index contributed by atoms with van der Waals surface area (Å²) in [6, 6.07) is 11.1. The summed E-state index contributed by atoms with van der Waals surface area (Å²) in [5.41, 5.74) is 1.08. The second-order valence-electron chi connectivity index (χ2n) is 5.74. The molecule has 122 valence electrons. The molecule has 0 saturated heterocycles. The Labute approximate surface area is 137 Å². The number of hydrogen-bond acceptors (Lipinski definition) is 0. The van der Waals surface area contributed by atoms with Gasteiger partial charge in [-0.1, -0.05) is 36.4 Å². The van der Waals surface area contributed by atoms with Crippen LogP contribution in [0.1, 0.15) is 11.1 Å². The van der Waals surface area contributed by atoms with Crippen LogP contribution in [-0.4, -0.2) is 0 Å². The Balaban J connectivity index is 2.14. The predicted molar refractivity (Wildman–Crippen MR) is 86.6 cm³/mol. The van der Waals surface area contributed by atoms with Crippen molar-refractivity contribution >= 4 is 0 Å². The molecule has 0 amide bonds. The maximum atomic E-state index is 14.5. The van der Waals surface area contributed by atoms with Crippen LogP contribution >= 0.6 is 0 Å². The molecule has 0 aliphatic heterocycles. The van der Waals surface area contributed by atoms with E-state index in [1.807, 2.05) is 0 Å². The Morgan fingerprint density at radius 3 is 1.88 bits per heavy atom. The number of halogens is 4. The molecule has 0 nitrogen and oxygen atoms in total. The fourth-order valence-electron chi connectivity index (χ4n) is 2.58. The third-order valence-electron chi connectivity index (χ3n) is 3.98. The van der Waals surface area contributed by atoms with Gasteiger partial charge in [0.05, 0.1) is 0 Å². The van der Waals surface area contributed by atoms with Crippen LogP contribution in [0.25, 0.3) is 22.3 Å². The van der Waals surface area contributed by atoms with Crippen LogP contribution in [0, 0.1) is 37.1 Å². The zero-order valence-corrected chi connectivity index (χ0v) is 13.1. The van der Waals surface area contributed by atoms with E-state index in [1.54, 1.807) is 19.9 Å². The van der Waals surface area contributed by atoms with Crippen LogP contribution in [-0.2, 0) is 0 Å². The molecule has 3 aromatic rings. The molecule has 0 atom stereocenters. The largest absolute Gasteiger partial charge is 0.207 e. The molecule has 0 aliphatic carbocycles. The summed E-state index contributed by atoms with van der Waals surface area (Å²) in [6.07, 6.45) is 0. The third-order valence-corrected chi connectivity index (χ3v) is 3.98. The van der Waals surface area contributed by atoms with Gasteiger partial charge in [0.25, 0.3) is 0 Å². The Bertz CT molecular complexity index is 929. The summed E-state index contributed by atoms with van der Waals surface area (Å²) in [5.74, 6) is -3.41. The van der Waals surface area contributed by atoms with Crippen molar-refractivity contribution in [3.63, 3.8) is 0 Å². The smallest absolute Gasteiger partial charge is 0.167 e. The number of rotatable bonds is 2. The average Bonchev–Trinajstić information content (AvgIpc) is 2.54. The lowest BCUT2D eigenvalue weighted by molar-refractivity contribution is 0.512. The molecule has 0 aliphatic rings. The van der Waals surface area contributed by atoms with Crippen molar-refractivity contribution in [1.82, 2.24) is 0 Å². The van der Waals surface area contributed by atoms with Crippen molar-refractivity contribution in [3.05, 3.63) is 82.9 Å². The lowest BCUT2D eigenvalue weighted by atomic mass is 9.97. The van der Waals surface area contributed by atoms with Gasteiger partial charge in [-0.15, -0.1) is 0 Å². The molecule has 0 fully saturated rings. The summed E-state index contributed by atoms with van der Waals surface area (Å²) in [4.78, 5) is 0. The van der Waals surface area contributed by atoms with Gasteiger partial charge < -0.3 is 0 Å². The van der Waals surface area contributed by atoms with E-state index in [-0.39, 0.29) is 22.3 Å². The Kier molecular flexibility index (Phi) is 4.14. The molecule has 4 heteroatoms. The van der Waals surface area contributed by atoms with Crippen molar-refractivity contribution in [1.29, 1.82) is 0 Å². The second kappa shape index (κ2) is 6.11. The van der Waals surface area contributed by atoms with Crippen molar-refractivity contribution in [2.45, 2.75) is 13.8 Å². The maximum Gasteiger partial charge on any atom is 0.167 e. The summed E-state index contributed by atoms with van der Waals surface area (Å²) < 4.78 is 56.6. The lowest BCUT2D eigenvalue weighted by Crippen LogP contribution is -1.96. The van der Waals surface area contributed by atoms with Crippen molar-refractivity contribution in [2.75, 3.05) is 0 Å². The fraction of sp³-hybridized carbons (Fsp3) is 0.100. The fourth-order valence-corrected chi connectivity index (χ4v) is 2.58. The first-order valence-corrected chi connectivity index (χ1v) is 7.39. The molecule has 3 rings (SSSR count). The van der Waals surface area contributed by atoms with Crippen LogP contribution in [0.3, 0.4) is 0 Å². The van der Waals surface area contributed by atoms with E-state index >= 15 is 0 Å². The van der Waals surface area contributed by atoms with Gasteiger partial charge >= 0.3 is 0 Å². The van der Waals surface area contributed by atoms with Gasteiger partial charge in [0, 0.05) is 16.7 Å². The molecule has 0 unspecified atom stereocenters. The monoisotopic (exact) mass is 330 g/mol. The van der Waals surface area contributed by atoms with E-state index < -0.39 is 23.3 Å². The summed E-state index contributed by atoms with van der Waals surface area (Å²) in [7, 11) is 0. The van der Waals surface area contributed by atoms with Gasteiger partial charge in [0.2, 0.25) is 0 Å². The first-order valence-electron chi connectivity index (χ1n) is 7.39. The standard InChI is InChI=1S/C20H14F4/c1-11-3-6-15(18(22)9-11)16-8-7-14(19(23)20(16)24)13-5-4-12(2)17(21)10-13/h3-10H,1-2H3. The Morgan fingerprint density at radius 2 is 1.21 bits per heavy atom. The highest BCUT2D eigenvalue weighted by Gasteiger charge is 2.18. The lowest BCUT2D eigenvalue weighted by Gasteiger charge is -2.11. The van der Waals surface area contributed by atoms with Gasteiger partial charge in [-0.2, -0.15) is 0 Å². The maximum absolute atomic E-state index is 14.5. The highest BCUT2D eigenvalue weighted by Crippen LogP contribution is 2.33. The van der Waals surface area contributed by atoms with E-state index in [0.29, 0.717) is 11.1 Å². The summed E-state index contributed by atoms with van der Waals surface area (Å²) in [5, 5.41) is 0. The van der Waals surface area contributed by atoms with Crippen molar-refractivity contribution in [2.24, 2.45) is 0 Å². The van der Waals surface area contributed by atoms with Gasteiger partial charge in [-0.05, 0) is 42.7 Å². The normalized spacial score (nSPS) is 10.9.